The van der Waals surface area contributed by atoms with Crippen LogP contribution < -0.4 is 0 Å². The lowest BCUT2D eigenvalue weighted by Crippen LogP contribution is -2.22. The normalized spacial score (nSPS) is 16.1. The average Bonchev–Trinajstić information content (AvgIpc) is 3.35. The maximum atomic E-state index is 13.1. The molecule has 0 amide bonds. The lowest BCUT2D eigenvalue weighted by atomic mass is 10.1. The van der Waals surface area contributed by atoms with Crippen LogP contribution in [0.3, 0.4) is 0 Å². The number of benzene rings is 2. The molecule has 4 aromatic rings. The molecular weight excluding hydrogens is 385 g/mol. The van der Waals surface area contributed by atoms with Crippen molar-refractivity contribution in [3.05, 3.63) is 70.6 Å². The van der Waals surface area contributed by atoms with Gasteiger partial charge in [-0.1, -0.05) is 34.1 Å². The van der Waals surface area contributed by atoms with Crippen LogP contribution in [0.1, 0.15) is 17.4 Å². The van der Waals surface area contributed by atoms with E-state index >= 15 is 0 Å². The Kier molecular flexibility index (Phi) is 4.14. The highest BCUT2D eigenvalue weighted by Gasteiger charge is 2.28. The van der Waals surface area contributed by atoms with Gasteiger partial charge in [0.05, 0.1) is 18.8 Å². The van der Waals surface area contributed by atoms with E-state index in [1.165, 1.54) is 12.1 Å². The Morgan fingerprint density at radius 3 is 2.64 bits per heavy atom. The molecule has 0 spiro atoms. The first-order valence-corrected chi connectivity index (χ1v) is 8.94. The molecule has 2 aromatic carbocycles. The summed E-state index contributed by atoms with van der Waals surface area (Å²) in [6.45, 7) is 0.826. The zero-order chi connectivity index (χ0) is 19.1. The van der Waals surface area contributed by atoms with E-state index in [4.69, 9.17) is 20.9 Å². The minimum Gasteiger partial charge on any atom is -0.365 e. The zero-order valence-electron chi connectivity index (χ0n) is 14.4. The summed E-state index contributed by atoms with van der Waals surface area (Å²) < 4.78 is 26.2. The highest BCUT2D eigenvalue weighted by Crippen LogP contribution is 2.31. The molecule has 1 aliphatic heterocycles. The first kappa shape index (κ1) is 17.0. The molecule has 0 bridgehead atoms. The molecule has 5 rings (SSSR count). The summed E-state index contributed by atoms with van der Waals surface area (Å²) >= 11 is 5.95. The molecule has 0 N–H and O–H groups in total. The molecule has 3 heterocycles. The fourth-order valence-corrected chi connectivity index (χ4v) is 3.22. The summed E-state index contributed by atoms with van der Waals surface area (Å²) in [5, 5.41) is 13.0. The van der Waals surface area contributed by atoms with Gasteiger partial charge in [-0.15, -0.1) is 5.10 Å². The van der Waals surface area contributed by atoms with Gasteiger partial charge in [-0.25, -0.2) is 9.07 Å². The van der Waals surface area contributed by atoms with E-state index in [1.807, 2.05) is 24.3 Å². The van der Waals surface area contributed by atoms with Crippen LogP contribution in [0.15, 0.2) is 53.1 Å². The minimum atomic E-state index is -0.327. The van der Waals surface area contributed by atoms with Gasteiger partial charge in [-0.2, -0.15) is 4.98 Å². The van der Waals surface area contributed by atoms with Gasteiger partial charge < -0.3 is 9.26 Å². The molecule has 1 atom stereocenters. The summed E-state index contributed by atoms with van der Waals surface area (Å²) in [5.74, 6) is 0.272. The van der Waals surface area contributed by atoms with E-state index in [-0.39, 0.29) is 17.8 Å². The molecule has 0 radical (unpaired) electrons. The summed E-state index contributed by atoms with van der Waals surface area (Å²) in [4.78, 5) is 4.36. The monoisotopic (exact) mass is 397 g/mol. The number of ether oxygens (including phenoxy) is 1. The first-order chi connectivity index (χ1) is 13.7. The van der Waals surface area contributed by atoms with Gasteiger partial charge in [0, 0.05) is 10.6 Å². The third-order valence-electron chi connectivity index (χ3n) is 4.57. The highest BCUT2D eigenvalue weighted by atomic mass is 35.5. The van der Waals surface area contributed by atoms with Gasteiger partial charge in [-0.05, 0) is 42.0 Å². The Labute approximate surface area is 163 Å². The largest absolute Gasteiger partial charge is 0.365 e. The van der Waals surface area contributed by atoms with Crippen LogP contribution in [0.2, 0.25) is 5.02 Å². The second-order valence-corrected chi connectivity index (χ2v) is 6.78. The molecule has 0 aliphatic carbocycles. The van der Waals surface area contributed by atoms with Gasteiger partial charge in [0.25, 0.3) is 5.89 Å². The molecule has 2 aromatic heterocycles. The molecule has 0 unspecified atom stereocenters. The van der Waals surface area contributed by atoms with Crippen LogP contribution in [0.4, 0.5) is 4.39 Å². The molecule has 1 aliphatic rings. The van der Waals surface area contributed by atoms with Crippen molar-refractivity contribution >= 4 is 11.6 Å². The van der Waals surface area contributed by atoms with Crippen molar-refractivity contribution in [1.29, 1.82) is 0 Å². The Bertz CT molecular complexity index is 1120. The predicted molar refractivity (Wildman–Crippen MR) is 97.7 cm³/mol. The molecule has 0 saturated heterocycles. The molecule has 9 heteroatoms. The highest BCUT2D eigenvalue weighted by molar-refractivity contribution is 6.30. The van der Waals surface area contributed by atoms with Gasteiger partial charge >= 0.3 is 0 Å². The van der Waals surface area contributed by atoms with Crippen LogP contribution in [-0.2, 0) is 17.9 Å². The van der Waals surface area contributed by atoms with E-state index < -0.39 is 0 Å². The van der Waals surface area contributed by atoms with Crippen molar-refractivity contribution in [2.24, 2.45) is 0 Å². The number of hydrogen-bond donors (Lipinski definition) is 0. The maximum Gasteiger partial charge on any atom is 0.280 e. The van der Waals surface area contributed by atoms with E-state index in [9.17, 15) is 4.39 Å². The Hall–Kier alpha value is -3.10. The first-order valence-electron chi connectivity index (χ1n) is 8.57. The van der Waals surface area contributed by atoms with Gasteiger partial charge in [0.15, 0.2) is 5.69 Å². The fraction of sp³-hybridized carbons (Fsp3) is 0.158. The third kappa shape index (κ3) is 3.06. The van der Waals surface area contributed by atoms with E-state index in [0.29, 0.717) is 35.3 Å². The van der Waals surface area contributed by atoms with Crippen molar-refractivity contribution in [2.75, 3.05) is 0 Å². The summed E-state index contributed by atoms with van der Waals surface area (Å²) in [6, 6.07) is 13.4. The Morgan fingerprint density at radius 1 is 1.07 bits per heavy atom. The number of nitrogens with zero attached hydrogens (tertiary/aromatic N) is 5. The van der Waals surface area contributed by atoms with Crippen LogP contribution in [0.25, 0.3) is 23.0 Å². The lowest BCUT2D eigenvalue weighted by Gasteiger charge is -2.24. The van der Waals surface area contributed by atoms with Crippen LogP contribution in [0, 0.1) is 5.82 Å². The summed E-state index contributed by atoms with van der Waals surface area (Å²) in [6.07, 6.45) is -0.142. The predicted octanol–water partition coefficient (Wildman–Crippen LogP) is 4.06. The molecule has 7 nitrogen and oxygen atoms in total. The average molecular weight is 398 g/mol. The van der Waals surface area contributed by atoms with Crippen molar-refractivity contribution in [3.8, 4) is 23.0 Å². The van der Waals surface area contributed by atoms with Gasteiger partial charge in [-0.3, -0.25) is 0 Å². The Balaban J connectivity index is 1.41. The molecule has 0 saturated carbocycles. The number of hydrogen-bond acceptors (Lipinski definition) is 6. The molecular formula is C19H13ClFN5O2. The quantitative estimate of drug-likeness (QED) is 0.518. The molecule has 140 valence electrons. The lowest BCUT2D eigenvalue weighted by molar-refractivity contribution is -0.00117. The van der Waals surface area contributed by atoms with Gasteiger partial charge in [0.1, 0.15) is 11.9 Å². The molecule has 0 fully saturated rings. The number of aromatic nitrogens is 5. The molecule has 28 heavy (non-hydrogen) atoms. The summed E-state index contributed by atoms with van der Waals surface area (Å²) in [5.41, 5.74) is 2.91. The minimum absolute atomic E-state index is 0.142. The number of fused-ring (bicyclic) bond motifs is 1. The zero-order valence-corrected chi connectivity index (χ0v) is 15.2. The standard InChI is InChI=1S/C19H13ClFN5O2/c20-13-5-1-11(2-6-13)16-9-26-15(10-27-16)17(23-25-26)19-22-18(24-28-19)12-3-7-14(21)8-4-12/h1-8,16H,9-10H2/t16-/m1/s1. The van der Waals surface area contributed by atoms with E-state index in [0.717, 1.165) is 11.3 Å². The van der Waals surface area contributed by atoms with Gasteiger partial charge in [0.2, 0.25) is 5.82 Å². The SMILES string of the molecule is Fc1ccc(-c2noc(-c3nnn4c3CO[C@@H](c3ccc(Cl)cc3)C4)n2)cc1. The van der Waals surface area contributed by atoms with Crippen LogP contribution in [0.5, 0.6) is 0 Å². The Morgan fingerprint density at radius 2 is 1.86 bits per heavy atom. The number of halogens is 2. The van der Waals surface area contributed by atoms with E-state index in [2.05, 4.69) is 20.5 Å². The second-order valence-electron chi connectivity index (χ2n) is 6.35. The smallest absolute Gasteiger partial charge is 0.280 e. The topological polar surface area (TPSA) is 78.9 Å². The van der Waals surface area contributed by atoms with Crippen molar-refractivity contribution in [3.63, 3.8) is 0 Å². The van der Waals surface area contributed by atoms with Crippen molar-refractivity contribution in [1.82, 2.24) is 25.1 Å². The second kappa shape index (κ2) is 6.81. The summed E-state index contributed by atoms with van der Waals surface area (Å²) in [7, 11) is 0. The van der Waals surface area contributed by atoms with Crippen molar-refractivity contribution in [2.45, 2.75) is 19.3 Å². The number of rotatable bonds is 3. The maximum absolute atomic E-state index is 13.1. The van der Waals surface area contributed by atoms with E-state index in [1.54, 1.807) is 16.8 Å². The third-order valence-corrected chi connectivity index (χ3v) is 4.82. The van der Waals surface area contributed by atoms with Crippen LogP contribution in [-0.4, -0.2) is 25.1 Å². The van der Waals surface area contributed by atoms with Crippen LogP contribution >= 0.6 is 11.6 Å². The fourth-order valence-electron chi connectivity index (χ4n) is 3.09. The van der Waals surface area contributed by atoms with Crippen molar-refractivity contribution < 1.29 is 13.7 Å².